The van der Waals surface area contributed by atoms with Crippen molar-refractivity contribution in [1.29, 1.82) is 0 Å². The number of hydrogen-bond donors (Lipinski definition) is 0. The van der Waals surface area contributed by atoms with Crippen LogP contribution in [0.5, 0.6) is 0 Å². The molecule has 0 N–H and O–H groups in total. The highest BCUT2D eigenvalue weighted by Crippen LogP contribution is 1.77. The van der Waals surface area contributed by atoms with Gasteiger partial charge >= 0.3 is 0 Å². The quantitative estimate of drug-likeness (QED) is 0.496. The van der Waals surface area contributed by atoms with Crippen LogP contribution in [0.3, 0.4) is 0 Å². The van der Waals surface area contributed by atoms with Gasteiger partial charge in [-0.05, 0) is 17.4 Å². The van der Waals surface area contributed by atoms with Crippen molar-refractivity contribution in [1.82, 2.24) is 0 Å². The second kappa shape index (κ2) is 2.95. The summed E-state index contributed by atoms with van der Waals surface area (Å²) >= 11 is 0. The molecule has 0 heterocycles. The smallest absolute Gasteiger partial charge is 0.151 e. The topological polar surface area (TPSA) is 34.1 Å². The number of rotatable bonds is 1. The van der Waals surface area contributed by atoms with E-state index in [4.69, 9.17) is 0 Å². The van der Waals surface area contributed by atoms with E-state index in [0.717, 1.165) is 0 Å². The Morgan fingerprint density at radius 1 is 1.45 bits per heavy atom. The molecule has 0 spiro atoms. The Labute approximate surface area is 63.5 Å². The van der Waals surface area contributed by atoms with E-state index in [1.807, 2.05) is 0 Å². The molecule has 0 saturated heterocycles. The second-order valence-electron chi connectivity index (χ2n) is 2.14. The van der Waals surface area contributed by atoms with Gasteiger partial charge in [-0.3, -0.25) is 4.79 Å². The van der Waals surface area contributed by atoms with Gasteiger partial charge in [0.2, 0.25) is 0 Å². The van der Waals surface area contributed by atoms with Crippen LogP contribution in [-0.4, -0.2) is 12.2 Å². The molecule has 0 aliphatic heterocycles. The maximum absolute atomic E-state index is 10.3. The molecule has 2 heteroatoms. The van der Waals surface area contributed by atoms with Gasteiger partial charge < -0.3 is 0 Å². The molecule has 0 aliphatic carbocycles. The Bertz CT molecular complexity index is 400. The van der Waals surface area contributed by atoms with Gasteiger partial charge in [0.05, 0.1) is 5.22 Å². The molecule has 0 atom stereocenters. The van der Waals surface area contributed by atoms with Crippen molar-refractivity contribution >= 4 is 18.8 Å². The highest BCUT2D eigenvalue weighted by Gasteiger charge is 1.90. The van der Waals surface area contributed by atoms with E-state index in [0.29, 0.717) is 17.1 Å². The average Bonchev–Trinajstić information content (AvgIpc) is 2.04. The summed E-state index contributed by atoms with van der Waals surface area (Å²) in [6, 6.07) is 4.74. The van der Waals surface area contributed by atoms with Crippen molar-refractivity contribution in [3.05, 3.63) is 34.2 Å². The Hall–Kier alpha value is -1.66. The average molecular weight is 146 g/mol. The lowest BCUT2D eigenvalue weighted by atomic mass is 10.2. The first-order chi connectivity index (χ1) is 5.27. The third-order valence-electron chi connectivity index (χ3n) is 1.35. The van der Waals surface area contributed by atoms with E-state index >= 15 is 0 Å². The second-order valence-corrected chi connectivity index (χ2v) is 2.14. The minimum absolute atomic E-state index is 0.285. The third-order valence-corrected chi connectivity index (χ3v) is 1.35. The van der Waals surface area contributed by atoms with E-state index in [9.17, 15) is 9.59 Å². The number of carbonyl (C=O) groups is 1. The number of benzene rings is 1. The third kappa shape index (κ3) is 1.42. The van der Waals surface area contributed by atoms with Crippen LogP contribution in [-0.2, 0) is 4.79 Å². The van der Waals surface area contributed by atoms with Crippen molar-refractivity contribution in [3.8, 4) is 0 Å². The summed E-state index contributed by atoms with van der Waals surface area (Å²) in [7, 11) is 0. The number of aldehydes is 1. The summed E-state index contributed by atoms with van der Waals surface area (Å²) in [6.07, 6.45) is 0.620. The van der Waals surface area contributed by atoms with Crippen LogP contribution in [0.25, 0.3) is 6.58 Å². The predicted octanol–water partition coefficient (Wildman–Crippen LogP) is -0.587. The fourth-order valence-electron chi connectivity index (χ4n) is 0.803. The molecule has 54 valence electrons. The molecule has 1 rings (SSSR count). The lowest BCUT2D eigenvalue weighted by Gasteiger charge is -1.86. The normalized spacial score (nSPS) is 8.73. The summed E-state index contributed by atoms with van der Waals surface area (Å²) in [5, 5.41) is 0.999. The first-order valence-corrected chi connectivity index (χ1v) is 3.07. The summed E-state index contributed by atoms with van der Waals surface area (Å²) in [6.45, 7) is 3.62. The minimum Gasteiger partial charge on any atom is -0.298 e. The van der Waals surface area contributed by atoms with Gasteiger partial charge in [0.1, 0.15) is 5.94 Å². The van der Waals surface area contributed by atoms with Crippen LogP contribution in [0.1, 0.15) is 10.4 Å². The molecule has 1 aromatic rings. The van der Waals surface area contributed by atoms with Crippen LogP contribution in [0.15, 0.2) is 18.2 Å². The molecule has 0 amide bonds. The van der Waals surface area contributed by atoms with Gasteiger partial charge in [-0.2, -0.15) is 0 Å². The van der Waals surface area contributed by atoms with Crippen LogP contribution in [0.4, 0.5) is 0 Å². The van der Waals surface area contributed by atoms with E-state index < -0.39 is 0 Å². The molecular formula is C9H6O2. The molecule has 11 heavy (non-hydrogen) atoms. The Kier molecular flexibility index (Phi) is 2.00. The number of hydrogen-bond acceptors (Lipinski definition) is 2. The molecule has 1 aromatic carbocycles. The predicted molar refractivity (Wildman–Crippen MR) is 41.4 cm³/mol. The fraction of sp³-hybridized carbons (Fsp3) is 0. The van der Waals surface area contributed by atoms with E-state index in [1.165, 1.54) is 6.07 Å². The summed E-state index contributed by atoms with van der Waals surface area (Å²) in [5.74, 6) is 1.66. The van der Waals surface area contributed by atoms with Gasteiger partial charge in [0.25, 0.3) is 0 Å². The van der Waals surface area contributed by atoms with Gasteiger partial charge in [-0.15, -0.1) is 0 Å². The lowest BCUT2D eigenvalue weighted by Crippen LogP contribution is -2.14. The van der Waals surface area contributed by atoms with Crippen LogP contribution in [0, 0.1) is 0 Å². The minimum atomic E-state index is 0.285. The van der Waals surface area contributed by atoms with E-state index in [1.54, 1.807) is 18.1 Å². The molecule has 0 bridgehead atoms. The van der Waals surface area contributed by atoms with Gasteiger partial charge in [-0.1, -0.05) is 12.6 Å². The molecular weight excluding hydrogens is 140 g/mol. The highest BCUT2D eigenvalue weighted by atomic mass is 16.1. The standard InChI is InChI=1S/C9H6O2/c1-7-2-3-8(5-10)9(4-7)6-11/h2-4,6H,1H2. The van der Waals surface area contributed by atoms with Crippen LogP contribution in [0.2, 0.25) is 0 Å². The SMILES string of the molecule is C=c1ccc(=C=O)c(C=O)c1. The zero-order valence-corrected chi connectivity index (χ0v) is 5.83. The first-order valence-electron chi connectivity index (χ1n) is 3.07. The molecule has 0 saturated carbocycles. The van der Waals surface area contributed by atoms with Gasteiger partial charge in [0.15, 0.2) is 6.29 Å². The molecule has 0 aliphatic rings. The van der Waals surface area contributed by atoms with Gasteiger partial charge in [-0.25, -0.2) is 4.79 Å². The summed E-state index contributed by atoms with van der Waals surface area (Å²) < 4.78 is 0. The number of carbonyl (C=O) groups excluding carboxylic acids is 2. The molecule has 0 unspecified atom stereocenters. The fourth-order valence-corrected chi connectivity index (χ4v) is 0.803. The lowest BCUT2D eigenvalue weighted by molar-refractivity contribution is 0.112. The van der Waals surface area contributed by atoms with Crippen molar-refractivity contribution in [2.24, 2.45) is 0 Å². The van der Waals surface area contributed by atoms with Crippen LogP contribution < -0.4 is 10.4 Å². The monoisotopic (exact) mass is 146 g/mol. The summed E-state index contributed by atoms with van der Waals surface area (Å²) in [4.78, 5) is 20.5. The molecule has 0 aromatic heterocycles. The Balaban J connectivity index is 3.66. The van der Waals surface area contributed by atoms with Crippen molar-refractivity contribution in [2.75, 3.05) is 0 Å². The summed E-state index contributed by atoms with van der Waals surface area (Å²) in [5.41, 5.74) is 0.340. The molecule has 0 radical (unpaired) electrons. The van der Waals surface area contributed by atoms with E-state index in [-0.39, 0.29) is 5.22 Å². The zero-order chi connectivity index (χ0) is 8.27. The largest absolute Gasteiger partial charge is 0.298 e. The van der Waals surface area contributed by atoms with Crippen molar-refractivity contribution < 1.29 is 9.59 Å². The Morgan fingerprint density at radius 2 is 2.18 bits per heavy atom. The van der Waals surface area contributed by atoms with Crippen molar-refractivity contribution in [3.63, 3.8) is 0 Å². The van der Waals surface area contributed by atoms with Crippen molar-refractivity contribution in [2.45, 2.75) is 0 Å². The Morgan fingerprint density at radius 3 is 2.73 bits per heavy atom. The maximum atomic E-state index is 10.3. The highest BCUT2D eigenvalue weighted by molar-refractivity contribution is 5.77. The first kappa shape index (κ1) is 7.45. The molecule has 2 nitrogen and oxygen atoms in total. The van der Waals surface area contributed by atoms with Gasteiger partial charge in [0, 0.05) is 5.56 Å². The van der Waals surface area contributed by atoms with E-state index in [2.05, 4.69) is 6.58 Å². The van der Waals surface area contributed by atoms with Crippen LogP contribution >= 0.6 is 0 Å². The zero-order valence-electron chi connectivity index (χ0n) is 5.83. The molecule has 0 fully saturated rings. The maximum Gasteiger partial charge on any atom is 0.151 e.